The van der Waals surface area contributed by atoms with Gasteiger partial charge < -0.3 is 0 Å². The van der Waals surface area contributed by atoms with Crippen LogP contribution in [0.1, 0.15) is 0 Å². The molecule has 2 aromatic rings. The lowest BCUT2D eigenvalue weighted by molar-refractivity contribution is 0.595. The topological polar surface area (TPSA) is 171 Å². The van der Waals surface area contributed by atoms with Crippen LogP contribution >= 0.6 is 0 Å². The van der Waals surface area contributed by atoms with Gasteiger partial charge in [-0.25, -0.2) is 42.1 Å². The molecule has 0 saturated carbocycles. The largest absolute Gasteiger partial charge is 0.224 e. The summed E-state index contributed by atoms with van der Waals surface area (Å²) in [4.78, 5) is -3.02. The van der Waals surface area contributed by atoms with Crippen LogP contribution in [0, 0.1) is 0 Å². The number of sulfone groups is 5. The van der Waals surface area contributed by atoms with E-state index in [1.165, 1.54) is 0 Å². The van der Waals surface area contributed by atoms with E-state index < -0.39 is 79.2 Å². The van der Waals surface area contributed by atoms with Gasteiger partial charge in [-0.1, -0.05) is 0 Å². The highest BCUT2D eigenvalue weighted by Gasteiger charge is 2.28. The molecule has 178 valence electrons. The number of rotatable bonds is 6. The Morgan fingerprint density at radius 1 is 0.406 bits per heavy atom. The molecule has 2 aromatic carbocycles. The molecule has 0 fully saturated rings. The van der Waals surface area contributed by atoms with Crippen LogP contribution in [0.25, 0.3) is 11.1 Å². The molecule has 0 aliphatic heterocycles. The lowest BCUT2D eigenvalue weighted by Gasteiger charge is -2.17. The molecule has 0 spiro atoms. The summed E-state index contributed by atoms with van der Waals surface area (Å²) in [5, 5.41) is 0. The maximum Gasteiger partial charge on any atom is 0.176 e. The summed E-state index contributed by atoms with van der Waals surface area (Å²) in [5.74, 6) is 0. The van der Waals surface area contributed by atoms with Crippen molar-refractivity contribution in [3.8, 4) is 11.1 Å². The quantitative estimate of drug-likeness (QED) is 0.495. The molecule has 0 heterocycles. The van der Waals surface area contributed by atoms with E-state index in [2.05, 4.69) is 0 Å². The van der Waals surface area contributed by atoms with E-state index in [4.69, 9.17) is 0 Å². The molecule has 0 saturated heterocycles. The zero-order valence-electron chi connectivity index (χ0n) is 17.5. The summed E-state index contributed by atoms with van der Waals surface area (Å²) >= 11 is 0. The molecular weight excluding hydrogens is 525 g/mol. The zero-order chi connectivity index (χ0) is 25.1. The first kappa shape index (κ1) is 26.4. The fraction of sp³-hybridized carbons (Fsp3) is 0.294. The van der Waals surface area contributed by atoms with Crippen LogP contribution in [-0.2, 0) is 49.2 Å². The summed E-state index contributed by atoms with van der Waals surface area (Å²) in [6.45, 7) is 0. The Morgan fingerprint density at radius 3 is 0.938 bits per heavy atom. The SMILES string of the molecule is CS(=O)(=O)c1cc(-c2c(S(C)(=O)=O)cc(S(C)(=O)=O)cc2S(C)(=O)=O)cc(S(C)(=O)=O)c1. The van der Waals surface area contributed by atoms with Crippen molar-refractivity contribution in [1.29, 1.82) is 0 Å². The predicted octanol–water partition coefficient (Wildman–Crippen LogP) is 0.371. The Labute approximate surface area is 187 Å². The molecule has 2 rings (SSSR count). The Morgan fingerprint density at radius 2 is 0.688 bits per heavy atom. The van der Waals surface area contributed by atoms with Crippen molar-refractivity contribution < 1.29 is 42.1 Å². The lowest BCUT2D eigenvalue weighted by atomic mass is 10.1. The van der Waals surface area contributed by atoms with Gasteiger partial charge in [0.1, 0.15) is 0 Å². The van der Waals surface area contributed by atoms with Crippen LogP contribution in [-0.4, -0.2) is 73.4 Å². The lowest BCUT2D eigenvalue weighted by Crippen LogP contribution is -2.11. The van der Waals surface area contributed by atoms with Crippen molar-refractivity contribution in [2.24, 2.45) is 0 Å². The highest BCUT2D eigenvalue weighted by Crippen LogP contribution is 2.38. The number of hydrogen-bond donors (Lipinski definition) is 0. The number of hydrogen-bond acceptors (Lipinski definition) is 10. The van der Waals surface area contributed by atoms with Gasteiger partial charge in [0, 0.05) is 36.8 Å². The van der Waals surface area contributed by atoms with Crippen molar-refractivity contribution in [2.75, 3.05) is 31.3 Å². The van der Waals surface area contributed by atoms with Gasteiger partial charge in [-0.2, -0.15) is 0 Å². The smallest absolute Gasteiger partial charge is 0.176 e. The third kappa shape index (κ3) is 5.75. The first-order valence-corrected chi connectivity index (χ1v) is 17.8. The monoisotopic (exact) mass is 544 g/mol. The molecule has 0 aliphatic rings. The third-order valence-electron chi connectivity index (χ3n) is 4.29. The van der Waals surface area contributed by atoms with Crippen molar-refractivity contribution in [2.45, 2.75) is 24.5 Å². The van der Waals surface area contributed by atoms with E-state index in [-0.39, 0.29) is 5.56 Å². The molecule has 32 heavy (non-hydrogen) atoms. The molecule has 0 radical (unpaired) electrons. The molecule has 0 amide bonds. The maximum atomic E-state index is 12.5. The van der Waals surface area contributed by atoms with Gasteiger partial charge in [-0.3, -0.25) is 0 Å². The zero-order valence-corrected chi connectivity index (χ0v) is 21.6. The van der Waals surface area contributed by atoms with E-state index in [0.717, 1.165) is 49.1 Å². The second-order valence-corrected chi connectivity index (χ2v) is 17.4. The summed E-state index contributed by atoms with van der Waals surface area (Å²) in [6, 6.07) is 4.23. The molecule has 0 aliphatic carbocycles. The van der Waals surface area contributed by atoms with E-state index in [1.54, 1.807) is 0 Å². The van der Waals surface area contributed by atoms with Crippen molar-refractivity contribution in [1.82, 2.24) is 0 Å². The highest BCUT2D eigenvalue weighted by molar-refractivity contribution is 7.92. The van der Waals surface area contributed by atoms with E-state index in [9.17, 15) is 42.1 Å². The fourth-order valence-electron chi connectivity index (χ4n) is 2.79. The molecule has 0 atom stereocenters. The first-order chi connectivity index (χ1) is 14.0. The molecule has 0 N–H and O–H groups in total. The highest BCUT2D eigenvalue weighted by atomic mass is 32.2. The second kappa shape index (κ2) is 7.90. The second-order valence-electron chi connectivity index (χ2n) is 7.35. The minimum absolute atomic E-state index is 0.339. The van der Waals surface area contributed by atoms with Crippen molar-refractivity contribution >= 4 is 49.2 Å². The van der Waals surface area contributed by atoms with Crippen LogP contribution < -0.4 is 0 Å². The van der Waals surface area contributed by atoms with Gasteiger partial charge in [0.25, 0.3) is 0 Å². The van der Waals surface area contributed by atoms with E-state index in [1.807, 2.05) is 0 Å². The standard InChI is InChI=1S/C17H20O10S5/c1-28(18,19)12-6-11(7-13(8-12)29(2,20)21)17-15(31(4,24)25)9-14(30(3,22)23)10-16(17)32(5,26)27/h6-10H,1-5H3. The van der Waals surface area contributed by atoms with Gasteiger partial charge in [-0.15, -0.1) is 0 Å². The molecule has 0 unspecified atom stereocenters. The molecule has 10 nitrogen and oxygen atoms in total. The molecule has 0 bridgehead atoms. The molecule has 15 heteroatoms. The summed E-state index contributed by atoms with van der Waals surface area (Å²) in [7, 11) is -20.6. The predicted molar refractivity (Wildman–Crippen MR) is 117 cm³/mol. The Kier molecular flexibility index (Phi) is 6.53. The van der Waals surface area contributed by atoms with Crippen LogP contribution in [0.5, 0.6) is 0 Å². The van der Waals surface area contributed by atoms with Gasteiger partial charge >= 0.3 is 0 Å². The number of benzene rings is 2. The Bertz CT molecular complexity index is 1560. The van der Waals surface area contributed by atoms with Crippen LogP contribution in [0.4, 0.5) is 0 Å². The van der Waals surface area contributed by atoms with Crippen molar-refractivity contribution in [3.63, 3.8) is 0 Å². The van der Waals surface area contributed by atoms with Crippen LogP contribution in [0.15, 0.2) is 54.8 Å². The molecule has 0 aromatic heterocycles. The maximum absolute atomic E-state index is 12.5. The normalized spacial score (nSPS) is 13.8. The Balaban J connectivity index is 3.30. The first-order valence-electron chi connectivity index (χ1n) is 8.37. The summed E-state index contributed by atoms with van der Waals surface area (Å²) < 4.78 is 123. The van der Waals surface area contributed by atoms with E-state index in [0.29, 0.717) is 12.5 Å². The molecular formula is C17H20O10S5. The Hall–Kier alpha value is -1.81. The van der Waals surface area contributed by atoms with Gasteiger partial charge in [0.05, 0.1) is 24.5 Å². The average molecular weight is 545 g/mol. The fourth-order valence-corrected chi connectivity index (χ4v) is 6.99. The van der Waals surface area contributed by atoms with E-state index >= 15 is 0 Å². The van der Waals surface area contributed by atoms with Crippen LogP contribution in [0.3, 0.4) is 0 Å². The minimum atomic E-state index is -4.27. The average Bonchev–Trinajstić information content (AvgIpc) is 2.56. The summed E-state index contributed by atoms with van der Waals surface area (Å²) in [6.07, 6.45) is 3.76. The van der Waals surface area contributed by atoms with Gasteiger partial charge in [0.15, 0.2) is 49.2 Å². The third-order valence-corrected chi connectivity index (χ3v) is 9.81. The van der Waals surface area contributed by atoms with Crippen molar-refractivity contribution in [3.05, 3.63) is 30.3 Å². The minimum Gasteiger partial charge on any atom is -0.224 e. The van der Waals surface area contributed by atoms with Crippen LogP contribution in [0.2, 0.25) is 0 Å². The summed E-state index contributed by atoms with van der Waals surface area (Å²) in [5.41, 5.74) is -0.868. The van der Waals surface area contributed by atoms with Gasteiger partial charge in [0.2, 0.25) is 0 Å². The van der Waals surface area contributed by atoms with Gasteiger partial charge in [-0.05, 0) is 35.9 Å².